The summed E-state index contributed by atoms with van der Waals surface area (Å²) in [6, 6.07) is 25.9. The Morgan fingerprint density at radius 2 is 1.73 bits per heavy atom. The Balaban J connectivity index is 1.31. The van der Waals surface area contributed by atoms with Gasteiger partial charge in [0.1, 0.15) is 0 Å². The van der Waals surface area contributed by atoms with Crippen LogP contribution in [0.15, 0.2) is 82.2 Å². The summed E-state index contributed by atoms with van der Waals surface area (Å²) in [6.45, 7) is 1.81. The van der Waals surface area contributed by atoms with E-state index in [4.69, 9.17) is 4.52 Å². The van der Waals surface area contributed by atoms with Crippen LogP contribution < -0.4 is 0 Å². The molecular weight excluding hydrogens is 388 g/mol. The summed E-state index contributed by atoms with van der Waals surface area (Å²) in [5.74, 6) is 1.24. The van der Waals surface area contributed by atoms with Crippen molar-refractivity contribution >= 4 is 11.8 Å². The van der Waals surface area contributed by atoms with Crippen LogP contribution in [-0.2, 0) is 12.8 Å². The second kappa shape index (κ2) is 9.77. The van der Waals surface area contributed by atoms with Crippen molar-refractivity contribution in [3.63, 3.8) is 0 Å². The third-order valence-corrected chi connectivity index (χ3v) is 5.90. The molecule has 0 saturated heterocycles. The van der Waals surface area contributed by atoms with Crippen molar-refractivity contribution in [1.82, 2.24) is 10.1 Å². The molecule has 3 aromatic carbocycles. The lowest BCUT2D eigenvalue weighted by molar-refractivity contribution is 0.394. The monoisotopic (exact) mass is 413 g/mol. The van der Waals surface area contributed by atoms with Crippen LogP contribution in [0.3, 0.4) is 0 Å². The zero-order valence-corrected chi connectivity index (χ0v) is 18.2. The lowest BCUT2D eigenvalue weighted by Crippen LogP contribution is -1.92. The fourth-order valence-electron chi connectivity index (χ4n) is 3.53. The van der Waals surface area contributed by atoms with Crippen LogP contribution in [0.2, 0.25) is 0 Å². The Bertz CT molecular complexity index is 1100. The van der Waals surface area contributed by atoms with Crippen LogP contribution in [0, 0.1) is 13.3 Å². The van der Waals surface area contributed by atoms with Gasteiger partial charge in [0, 0.05) is 17.4 Å². The van der Waals surface area contributed by atoms with Crippen molar-refractivity contribution in [2.75, 3.05) is 6.26 Å². The van der Waals surface area contributed by atoms with E-state index in [0.717, 1.165) is 24.8 Å². The van der Waals surface area contributed by atoms with Gasteiger partial charge in [-0.25, -0.2) is 0 Å². The molecule has 0 saturated carbocycles. The summed E-state index contributed by atoms with van der Waals surface area (Å²) < 4.78 is 5.09. The Labute approximate surface area is 182 Å². The van der Waals surface area contributed by atoms with Gasteiger partial charge in [-0.1, -0.05) is 65.8 Å². The number of benzene rings is 3. The first kappa shape index (κ1) is 20.4. The maximum absolute atomic E-state index is 5.09. The topological polar surface area (TPSA) is 38.9 Å². The third kappa shape index (κ3) is 5.00. The van der Waals surface area contributed by atoms with Crippen LogP contribution in [0.4, 0.5) is 0 Å². The number of hydrogen-bond donors (Lipinski definition) is 0. The van der Waals surface area contributed by atoms with Crippen LogP contribution in [0.1, 0.15) is 23.4 Å². The Morgan fingerprint density at radius 3 is 2.50 bits per heavy atom. The Kier molecular flexibility index (Phi) is 6.65. The lowest BCUT2D eigenvalue weighted by Gasteiger charge is -2.08. The maximum atomic E-state index is 5.09. The van der Waals surface area contributed by atoms with Crippen molar-refractivity contribution in [1.29, 1.82) is 0 Å². The number of thioether (sulfide) groups is 1. The van der Waals surface area contributed by atoms with Crippen molar-refractivity contribution in [2.45, 2.75) is 31.1 Å². The minimum Gasteiger partial charge on any atom is -0.339 e. The second-order valence-electron chi connectivity index (χ2n) is 7.27. The smallest absolute Gasteiger partial charge is 0.223 e. The van der Waals surface area contributed by atoms with Crippen molar-refractivity contribution in [3.05, 3.63) is 96.2 Å². The molecule has 0 amide bonds. The molecule has 0 bridgehead atoms. The van der Waals surface area contributed by atoms with E-state index in [9.17, 15) is 0 Å². The van der Waals surface area contributed by atoms with Gasteiger partial charge in [-0.15, -0.1) is 11.8 Å². The number of rotatable bonds is 8. The molecule has 0 unspecified atom stereocenters. The molecule has 1 aromatic heterocycles. The van der Waals surface area contributed by atoms with Crippen molar-refractivity contribution in [3.8, 4) is 22.5 Å². The number of unbranched alkanes of at least 4 members (excludes halogenated alkanes) is 1. The molecule has 30 heavy (non-hydrogen) atoms. The first-order valence-corrected chi connectivity index (χ1v) is 11.4. The molecule has 0 N–H and O–H groups in total. The van der Waals surface area contributed by atoms with Crippen LogP contribution in [0.5, 0.6) is 0 Å². The zero-order chi connectivity index (χ0) is 20.8. The van der Waals surface area contributed by atoms with Gasteiger partial charge in [0.05, 0.1) is 0 Å². The first-order chi connectivity index (χ1) is 14.7. The Hall–Kier alpha value is -2.85. The molecule has 0 spiro atoms. The maximum Gasteiger partial charge on any atom is 0.223 e. The van der Waals surface area contributed by atoms with E-state index in [-0.39, 0.29) is 0 Å². The van der Waals surface area contributed by atoms with Gasteiger partial charge in [-0.3, -0.25) is 0 Å². The average molecular weight is 414 g/mol. The van der Waals surface area contributed by atoms with Gasteiger partial charge in [-0.2, -0.15) is 4.98 Å². The van der Waals surface area contributed by atoms with Crippen molar-refractivity contribution in [2.24, 2.45) is 0 Å². The van der Waals surface area contributed by atoms with Gasteiger partial charge in [0.15, 0.2) is 0 Å². The second-order valence-corrected chi connectivity index (χ2v) is 8.11. The van der Waals surface area contributed by atoms with Gasteiger partial charge in [0.25, 0.3) is 0 Å². The fraction of sp³-hybridized carbons (Fsp3) is 0.192. The molecule has 4 heteroatoms. The molecule has 3 nitrogen and oxygen atoms in total. The molecule has 0 fully saturated rings. The molecule has 0 atom stereocenters. The van der Waals surface area contributed by atoms with Gasteiger partial charge < -0.3 is 4.52 Å². The van der Waals surface area contributed by atoms with Gasteiger partial charge >= 0.3 is 0 Å². The molecule has 4 rings (SSSR count). The van der Waals surface area contributed by atoms with Gasteiger partial charge in [0.2, 0.25) is 11.7 Å². The van der Waals surface area contributed by atoms with Crippen LogP contribution in [-0.4, -0.2) is 16.4 Å². The summed E-state index contributed by atoms with van der Waals surface area (Å²) in [4.78, 5) is 5.63. The molecule has 151 valence electrons. The van der Waals surface area contributed by atoms with E-state index >= 15 is 0 Å². The van der Waals surface area contributed by atoms with E-state index in [1.165, 1.54) is 27.1 Å². The van der Waals surface area contributed by atoms with Crippen LogP contribution >= 0.6 is 11.8 Å². The number of hydrogen-bond acceptors (Lipinski definition) is 4. The molecule has 1 heterocycles. The highest BCUT2D eigenvalue weighted by molar-refractivity contribution is 7.98. The summed E-state index contributed by atoms with van der Waals surface area (Å²) >= 11 is 1.79. The van der Waals surface area contributed by atoms with E-state index in [1.54, 1.807) is 11.8 Å². The molecular formula is C26H25N2OS. The first-order valence-electron chi connectivity index (χ1n) is 10.2. The van der Waals surface area contributed by atoms with E-state index in [2.05, 4.69) is 89.5 Å². The van der Waals surface area contributed by atoms with Crippen LogP contribution in [0.25, 0.3) is 22.5 Å². The highest BCUT2D eigenvalue weighted by Gasteiger charge is 2.07. The number of aryl methyl sites for hydroxylation is 2. The molecule has 4 aromatic rings. The van der Waals surface area contributed by atoms with E-state index in [1.807, 2.05) is 13.0 Å². The Morgan fingerprint density at radius 1 is 0.900 bits per heavy atom. The molecule has 0 aliphatic carbocycles. The fourth-order valence-corrected chi connectivity index (χ4v) is 4.15. The van der Waals surface area contributed by atoms with Gasteiger partial charge in [-0.05, 0) is 66.3 Å². The predicted octanol–water partition coefficient (Wildman–Crippen LogP) is 6.81. The highest BCUT2D eigenvalue weighted by atomic mass is 32.2. The molecule has 0 aliphatic heterocycles. The predicted molar refractivity (Wildman–Crippen MR) is 124 cm³/mol. The number of nitrogens with zero attached hydrogens (tertiary/aromatic N) is 2. The largest absolute Gasteiger partial charge is 0.339 e. The number of aromatic nitrogens is 2. The summed E-state index contributed by atoms with van der Waals surface area (Å²) in [6.07, 6.45) is 7.50. The highest BCUT2D eigenvalue weighted by Crippen LogP contribution is 2.30. The lowest BCUT2D eigenvalue weighted by atomic mass is 10.00. The van der Waals surface area contributed by atoms with E-state index in [0.29, 0.717) is 11.7 Å². The third-order valence-electron chi connectivity index (χ3n) is 5.10. The summed E-state index contributed by atoms with van der Waals surface area (Å²) in [7, 11) is 0. The standard InChI is InChI=1S/C26H25N2OS/c1-19-27-26(28-29-19)23-11-7-10-21(18-23)9-4-3-8-20-14-16-22(17-15-20)24-12-5-6-13-25(24)30-2/h4-7,10-18H,3,8-9H2,1-2H3. The summed E-state index contributed by atoms with van der Waals surface area (Å²) in [5.41, 5.74) is 6.21. The van der Waals surface area contributed by atoms with E-state index < -0.39 is 0 Å². The molecule has 0 aliphatic rings. The minimum absolute atomic E-state index is 0.588. The average Bonchev–Trinajstić information content (AvgIpc) is 3.24. The normalized spacial score (nSPS) is 11.0. The minimum atomic E-state index is 0.588. The SMILES string of the molecule is CSc1ccccc1-c1ccc(CC[CH]Cc2cccc(-c3noc(C)n3)c2)cc1. The van der Waals surface area contributed by atoms with Crippen molar-refractivity contribution < 1.29 is 4.52 Å². The quantitative estimate of drug-likeness (QED) is 0.235. The molecule has 1 radical (unpaired) electrons. The zero-order valence-electron chi connectivity index (χ0n) is 17.3. The summed E-state index contributed by atoms with van der Waals surface area (Å²) in [5, 5.41) is 4.01.